The Balaban J connectivity index is 1.85. The van der Waals surface area contributed by atoms with E-state index in [-0.39, 0.29) is 0 Å². The van der Waals surface area contributed by atoms with Crippen molar-refractivity contribution in [1.82, 2.24) is 9.97 Å². The fraction of sp³-hybridized carbons (Fsp3) is 0.111. The molecule has 0 atom stereocenters. The summed E-state index contributed by atoms with van der Waals surface area (Å²) in [6.07, 6.45) is 0. The van der Waals surface area contributed by atoms with Gasteiger partial charge in [0.1, 0.15) is 17.5 Å². The van der Waals surface area contributed by atoms with E-state index in [1.807, 2.05) is 61.5 Å². The third-order valence-corrected chi connectivity index (χ3v) is 3.29. The third-order valence-electron chi connectivity index (χ3n) is 3.29. The predicted molar refractivity (Wildman–Crippen MR) is 91.0 cm³/mol. The zero-order valence-electron chi connectivity index (χ0n) is 12.7. The van der Waals surface area contributed by atoms with E-state index in [9.17, 15) is 0 Å². The minimum atomic E-state index is 0.719. The highest BCUT2D eigenvalue weighted by atomic mass is 15.1. The number of nitrogens with zero attached hydrogens (tertiary/aromatic N) is 2. The van der Waals surface area contributed by atoms with Gasteiger partial charge in [0.15, 0.2) is 0 Å². The molecular weight excluding hydrogens is 272 g/mol. The van der Waals surface area contributed by atoms with Gasteiger partial charge in [-0.05, 0) is 37.6 Å². The van der Waals surface area contributed by atoms with E-state index in [1.54, 1.807) is 0 Å². The summed E-state index contributed by atoms with van der Waals surface area (Å²) in [5.41, 5.74) is 3.23. The van der Waals surface area contributed by atoms with E-state index in [4.69, 9.17) is 0 Å². The molecule has 22 heavy (non-hydrogen) atoms. The summed E-state index contributed by atoms with van der Waals surface area (Å²) in [7, 11) is 0. The molecule has 0 bridgehead atoms. The Morgan fingerprint density at radius 2 is 1.36 bits per heavy atom. The maximum Gasteiger partial charge on any atom is 0.136 e. The summed E-state index contributed by atoms with van der Waals surface area (Å²) in [4.78, 5) is 8.88. The molecule has 0 amide bonds. The summed E-state index contributed by atoms with van der Waals surface area (Å²) in [5.74, 6) is 2.27. The van der Waals surface area contributed by atoms with Crippen LogP contribution < -0.4 is 10.6 Å². The second kappa shape index (κ2) is 6.26. The molecule has 3 rings (SSSR count). The van der Waals surface area contributed by atoms with E-state index in [0.717, 1.165) is 28.8 Å². The van der Waals surface area contributed by atoms with Gasteiger partial charge in [0.05, 0.1) is 0 Å². The lowest BCUT2D eigenvalue weighted by atomic mass is 10.2. The highest BCUT2D eigenvalue weighted by Crippen LogP contribution is 2.22. The standard InChI is InChI=1S/C18H18N4/c1-13-8-6-7-11-16(13)22-18-12-17(19-14(2)20-18)21-15-9-4-3-5-10-15/h3-12H,1-2H3,(H2,19,20,21,22). The molecule has 0 fully saturated rings. The maximum absolute atomic E-state index is 4.45. The van der Waals surface area contributed by atoms with Crippen molar-refractivity contribution in [2.45, 2.75) is 13.8 Å². The van der Waals surface area contributed by atoms with Crippen LogP contribution in [0.1, 0.15) is 11.4 Å². The third kappa shape index (κ3) is 3.41. The Bertz CT molecular complexity index is 769. The molecule has 1 heterocycles. The van der Waals surface area contributed by atoms with Gasteiger partial charge < -0.3 is 10.6 Å². The van der Waals surface area contributed by atoms with Gasteiger partial charge >= 0.3 is 0 Å². The van der Waals surface area contributed by atoms with Crippen molar-refractivity contribution < 1.29 is 0 Å². The van der Waals surface area contributed by atoms with E-state index in [2.05, 4.69) is 33.6 Å². The number of aromatic nitrogens is 2. The van der Waals surface area contributed by atoms with Crippen LogP contribution >= 0.6 is 0 Å². The number of para-hydroxylation sites is 2. The molecule has 0 aliphatic heterocycles. The van der Waals surface area contributed by atoms with Gasteiger partial charge in [0.25, 0.3) is 0 Å². The average Bonchev–Trinajstić information content (AvgIpc) is 2.50. The van der Waals surface area contributed by atoms with Crippen LogP contribution in [-0.2, 0) is 0 Å². The average molecular weight is 290 g/mol. The minimum absolute atomic E-state index is 0.719. The molecule has 0 unspecified atom stereocenters. The van der Waals surface area contributed by atoms with Crippen molar-refractivity contribution in [3.63, 3.8) is 0 Å². The first kappa shape index (κ1) is 14.1. The molecule has 4 nitrogen and oxygen atoms in total. The molecule has 0 aliphatic rings. The smallest absolute Gasteiger partial charge is 0.136 e. The largest absolute Gasteiger partial charge is 0.340 e. The van der Waals surface area contributed by atoms with E-state index >= 15 is 0 Å². The molecule has 0 radical (unpaired) electrons. The van der Waals surface area contributed by atoms with Crippen molar-refractivity contribution in [3.8, 4) is 0 Å². The Morgan fingerprint density at radius 1 is 0.727 bits per heavy atom. The van der Waals surface area contributed by atoms with Crippen molar-refractivity contribution in [2.24, 2.45) is 0 Å². The molecule has 0 aliphatic carbocycles. The fourth-order valence-corrected chi connectivity index (χ4v) is 2.22. The number of benzene rings is 2. The van der Waals surface area contributed by atoms with Gasteiger partial charge in [0, 0.05) is 17.4 Å². The van der Waals surface area contributed by atoms with Gasteiger partial charge in [-0.15, -0.1) is 0 Å². The number of aryl methyl sites for hydroxylation is 2. The van der Waals surface area contributed by atoms with Crippen LogP contribution in [0, 0.1) is 13.8 Å². The normalized spacial score (nSPS) is 10.3. The number of hydrogen-bond acceptors (Lipinski definition) is 4. The molecule has 1 aromatic heterocycles. The maximum atomic E-state index is 4.45. The number of anilines is 4. The van der Waals surface area contributed by atoms with Crippen molar-refractivity contribution in [1.29, 1.82) is 0 Å². The van der Waals surface area contributed by atoms with Crippen molar-refractivity contribution in [3.05, 3.63) is 72.1 Å². The van der Waals surface area contributed by atoms with Crippen LogP contribution in [-0.4, -0.2) is 9.97 Å². The number of nitrogens with one attached hydrogen (secondary N) is 2. The molecule has 4 heteroatoms. The summed E-state index contributed by atoms with van der Waals surface area (Å²) in [6, 6.07) is 20.0. The summed E-state index contributed by atoms with van der Waals surface area (Å²) in [6.45, 7) is 3.96. The van der Waals surface area contributed by atoms with E-state index in [1.165, 1.54) is 5.56 Å². The summed E-state index contributed by atoms with van der Waals surface area (Å²) >= 11 is 0. The molecule has 2 aromatic carbocycles. The second-order valence-electron chi connectivity index (χ2n) is 5.12. The quantitative estimate of drug-likeness (QED) is 0.738. The van der Waals surface area contributed by atoms with Gasteiger partial charge in [-0.2, -0.15) is 0 Å². The Labute approximate surface area is 130 Å². The molecule has 0 spiro atoms. The fourth-order valence-electron chi connectivity index (χ4n) is 2.22. The Morgan fingerprint density at radius 3 is 2.09 bits per heavy atom. The second-order valence-corrected chi connectivity index (χ2v) is 5.12. The molecule has 3 aromatic rings. The monoisotopic (exact) mass is 290 g/mol. The number of rotatable bonds is 4. The minimum Gasteiger partial charge on any atom is -0.340 e. The van der Waals surface area contributed by atoms with Crippen LogP contribution in [0.4, 0.5) is 23.0 Å². The van der Waals surface area contributed by atoms with Crippen molar-refractivity contribution >= 4 is 23.0 Å². The van der Waals surface area contributed by atoms with Crippen LogP contribution in [0.25, 0.3) is 0 Å². The molecule has 0 saturated heterocycles. The van der Waals surface area contributed by atoms with Crippen LogP contribution in [0.2, 0.25) is 0 Å². The highest BCUT2D eigenvalue weighted by molar-refractivity contribution is 5.64. The van der Waals surface area contributed by atoms with Crippen LogP contribution in [0.15, 0.2) is 60.7 Å². The van der Waals surface area contributed by atoms with Crippen LogP contribution in [0.3, 0.4) is 0 Å². The molecule has 0 saturated carbocycles. The zero-order chi connectivity index (χ0) is 15.4. The first-order chi connectivity index (χ1) is 10.7. The van der Waals surface area contributed by atoms with Gasteiger partial charge in [-0.25, -0.2) is 9.97 Å². The first-order valence-electron chi connectivity index (χ1n) is 7.21. The van der Waals surface area contributed by atoms with Gasteiger partial charge in [0.2, 0.25) is 0 Å². The zero-order valence-corrected chi connectivity index (χ0v) is 12.7. The lowest BCUT2D eigenvalue weighted by molar-refractivity contribution is 1.06. The topological polar surface area (TPSA) is 49.8 Å². The van der Waals surface area contributed by atoms with E-state index < -0.39 is 0 Å². The van der Waals surface area contributed by atoms with Gasteiger partial charge in [-0.3, -0.25) is 0 Å². The lowest BCUT2D eigenvalue weighted by Gasteiger charge is -2.11. The van der Waals surface area contributed by atoms with Crippen molar-refractivity contribution in [2.75, 3.05) is 10.6 Å². The molecule has 110 valence electrons. The summed E-state index contributed by atoms with van der Waals surface area (Å²) in [5, 5.41) is 6.64. The molecule has 2 N–H and O–H groups in total. The first-order valence-corrected chi connectivity index (χ1v) is 7.21. The summed E-state index contributed by atoms with van der Waals surface area (Å²) < 4.78 is 0. The Kier molecular flexibility index (Phi) is 4.01. The molecular formula is C18H18N4. The predicted octanol–water partition coefficient (Wildman–Crippen LogP) is 4.58. The lowest BCUT2D eigenvalue weighted by Crippen LogP contribution is -2.02. The van der Waals surface area contributed by atoms with E-state index in [0.29, 0.717) is 0 Å². The SMILES string of the molecule is Cc1nc(Nc2ccccc2)cc(Nc2ccccc2C)n1. The van der Waals surface area contributed by atoms with Crippen LogP contribution in [0.5, 0.6) is 0 Å². The number of hydrogen-bond donors (Lipinski definition) is 2. The van der Waals surface area contributed by atoms with Gasteiger partial charge in [-0.1, -0.05) is 36.4 Å². The Hall–Kier alpha value is -2.88. The highest BCUT2D eigenvalue weighted by Gasteiger charge is 2.04.